The number of piperazine rings is 1. The summed E-state index contributed by atoms with van der Waals surface area (Å²) in [6, 6.07) is 11.7. The molecule has 3 heterocycles. The van der Waals surface area contributed by atoms with Crippen molar-refractivity contribution in [1.29, 1.82) is 0 Å². The molecule has 0 spiro atoms. The number of halogens is 3. The summed E-state index contributed by atoms with van der Waals surface area (Å²) in [5, 5.41) is 0. The van der Waals surface area contributed by atoms with Crippen LogP contribution in [0.2, 0.25) is 0 Å². The Labute approximate surface area is 222 Å². The molecule has 202 valence electrons. The van der Waals surface area contributed by atoms with Crippen molar-refractivity contribution in [3.05, 3.63) is 59.9 Å². The number of carbonyl (C=O) groups is 2. The largest absolute Gasteiger partial charge is 0.446 e. The number of thioether (sulfide) groups is 1. The van der Waals surface area contributed by atoms with E-state index in [9.17, 15) is 22.8 Å². The van der Waals surface area contributed by atoms with Crippen LogP contribution in [0.1, 0.15) is 28.8 Å². The van der Waals surface area contributed by atoms with E-state index in [1.807, 2.05) is 23.1 Å². The highest BCUT2D eigenvalue weighted by Crippen LogP contribution is 2.36. The third-order valence-corrected chi connectivity index (χ3v) is 7.77. The molecule has 3 aromatic rings. The van der Waals surface area contributed by atoms with Crippen LogP contribution >= 0.6 is 11.8 Å². The molecule has 0 bridgehead atoms. The average molecular weight is 548 g/mol. The molecule has 0 aliphatic carbocycles. The lowest BCUT2D eigenvalue weighted by atomic mass is 10.0. The molecule has 12 heteroatoms. The first kappa shape index (κ1) is 26.4. The number of ether oxygens (including phenoxy) is 1. The molecular weight excluding hydrogens is 519 g/mol. The number of alkyl halides is 3. The van der Waals surface area contributed by atoms with Crippen molar-refractivity contribution in [1.82, 2.24) is 24.7 Å². The van der Waals surface area contributed by atoms with E-state index in [0.29, 0.717) is 43.3 Å². The van der Waals surface area contributed by atoms with Gasteiger partial charge in [0.2, 0.25) is 0 Å². The van der Waals surface area contributed by atoms with Gasteiger partial charge in [0, 0.05) is 55.8 Å². The summed E-state index contributed by atoms with van der Waals surface area (Å²) in [5.41, 5.74) is -1.38. The first-order valence-electron chi connectivity index (χ1n) is 12.5. The van der Waals surface area contributed by atoms with Gasteiger partial charge in [-0.3, -0.25) is 9.69 Å². The number of carbonyl (C=O) groups excluding carboxylic acids is 2. The van der Waals surface area contributed by atoms with E-state index in [4.69, 9.17) is 4.74 Å². The molecule has 2 aliphatic heterocycles. The lowest BCUT2D eigenvalue weighted by Crippen LogP contribution is -2.54. The number of imidazole rings is 1. The highest BCUT2D eigenvalue weighted by molar-refractivity contribution is 8.00. The van der Waals surface area contributed by atoms with Gasteiger partial charge in [-0.1, -0.05) is 12.1 Å². The number of fused-ring (bicyclic) bond motifs is 1. The van der Waals surface area contributed by atoms with Crippen molar-refractivity contribution in [3.8, 4) is 0 Å². The Hall–Kier alpha value is -3.25. The number of H-pyrrole nitrogens is 1. The standard InChI is InChI=1S/C26H28F3N5O3S/c27-26(28,29)38-21-4-1-18(2-5-21)16-37-25(36)34-9-7-20(8-10-34)32-11-13-33(14-12-32)24(35)19-3-6-22-23(15-19)31-17-30-22/h1-6,15,17,20H,7-14,16H2,(H,30,31). The van der Waals surface area contributed by atoms with Crippen LogP contribution in [0.3, 0.4) is 0 Å². The number of hydrogen-bond donors (Lipinski definition) is 1. The Balaban J connectivity index is 1.04. The lowest BCUT2D eigenvalue weighted by molar-refractivity contribution is -0.0328. The number of amides is 2. The summed E-state index contributed by atoms with van der Waals surface area (Å²) in [7, 11) is 0. The highest BCUT2D eigenvalue weighted by atomic mass is 32.2. The predicted octanol–water partition coefficient (Wildman–Crippen LogP) is 4.73. The maximum absolute atomic E-state index is 13.0. The van der Waals surface area contributed by atoms with Crippen molar-refractivity contribution >= 4 is 34.8 Å². The molecule has 1 aromatic heterocycles. The maximum Gasteiger partial charge on any atom is 0.446 e. The Kier molecular flexibility index (Phi) is 7.80. The van der Waals surface area contributed by atoms with Gasteiger partial charge < -0.3 is 19.5 Å². The van der Waals surface area contributed by atoms with E-state index in [2.05, 4.69) is 14.9 Å². The monoisotopic (exact) mass is 547 g/mol. The van der Waals surface area contributed by atoms with E-state index >= 15 is 0 Å². The first-order chi connectivity index (χ1) is 18.2. The van der Waals surface area contributed by atoms with Gasteiger partial charge in [-0.05, 0) is 60.5 Å². The molecule has 1 N–H and O–H groups in total. The number of hydrogen-bond acceptors (Lipinski definition) is 6. The highest BCUT2D eigenvalue weighted by Gasteiger charge is 2.31. The number of piperidine rings is 1. The van der Waals surface area contributed by atoms with Gasteiger partial charge in [-0.25, -0.2) is 9.78 Å². The molecular formula is C26H28F3N5O3S. The van der Waals surface area contributed by atoms with Crippen molar-refractivity contribution in [2.24, 2.45) is 0 Å². The third kappa shape index (κ3) is 6.41. The van der Waals surface area contributed by atoms with Crippen LogP contribution in [0.4, 0.5) is 18.0 Å². The van der Waals surface area contributed by atoms with E-state index in [1.165, 1.54) is 24.3 Å². The van der Waals surface area contributed by atoms with Gasteiger partial charge in [-0.2, -0.15) is 13.2 Å². The number of rotatable bonds is 5. The lowest BCUT2D eigenvalue weighted by Gasteiger charge is -2.42. The van der Waals surface area contributed by atoms with Crippen LogP contribution in [0.25, 0.3) is 11.0 Å². The van der Waals surface area contributed by atoms with Crippen molar-refractivity contribution in [2.75, 3.05) is 39.3 Å². The molecule has 0 radical (unpaired) electrons. The Morgan fingerprint density at radius 2 is 1.68 bits per heavy atom. The SMILES string of the molecule is O=C(OCc1ccc(SC(F)(F)F)cc1)N1CCC(N2CCN(C(=O)c3ccc4[nH]cnc4c3)CC2)CC1. The minimum absolute atomic E-state index is 0.0127. The first-order valence-corrected chi connectivity index (χ1v) is 13.3. The number of nitrogens with zero attached hydrogens (tertiary/aromatic N) is 4. The summed E-state index contributed by atoms with van der Waals surface area (Å²) in [6.45, 7) is 4.04. The molecule has 5 rings (SSSR count). The summed E-state index contributed by atoms with van der Waals surface area (Å²) >= 11 is -0.173. The topological polar surface area (TPSA) is 81.8 Å². The van der Waals surface area contributed by atoms with Gasteiger partial charge in [0.25, 0.3) is 5.91 Å². The predicted molar refractivity (Wildman–Crippen MR) is 137 cm³/mol. The van der Waals surface area contributed by atoms with Crippen LogP contribution in [0.15, 0.2) is 53.7 Å². The average Bonchev–Trinajstić information content (AvgIpc) is 3.39. The molecule has 38 heavy (non-hydrogen) atoms. The van der Waals surface area contributed by atoms with Gasteiger partial charge >= 0.3 is 11.6 Å². The Morgan fingerprint density at radius 1 is 0.974 bits per heavy atom. The van der Waals surface area contributed by atoms with Crippen LogP contribution in [-0.4, -0.2) is 87.5 Å². The maximum atomic E-state index is 13.0. The Bertz CT molecular complexity index is 1270. The van der Waals surface area contributed by atoms with Gasteiger partial charge in [0.05, 0.1) is 17.4 Å². The summed E-state index contributed by atoms with van der Waals surface area (Å²) in [4.78, 5) is 38.8. The van der Waals surface area contributed by atoms with Crippen LogP contribution in [0.5, 0.6) is 0 Å². The zero-order chi connectivity index (χ0) is 26.7. The Morgan fingerprint density at radius 3 is 2.37 bits per heavy atom. The number of aromatic nitrogens is 2. The van der Waals surface area contributed by atoms with Crippen LogP contribution in [0, 0.1) is 0 Å². The molecule has 0 saturated carbocycles. The van der Waals surface area contributed by atoms with Gasteiger partial charge in [-0.15, -0.1) is 0 Å². The fourth-order valence-corrected chi connectivity index (χ4v) is 5.51. The van der Waals surface area contributed by atoms with Crippen LogP contribution < -0.4 is 0 Å². The van der Waals surface area contributed by atoms with E-state index in [-0.39, 0.29) is 29.2 Å². The minimum atomic E-state index is -4.33. The quantitative estimate of drug-likeness (QED) is 0.465. The normalized spacial score (nSPS) is 17.7. The fraction of sp³-hybridized carbons (Fsp3) is 0.423. The zero-order valence-electron chi connectivity index (χ0n) is 20.6. The smallest absolute Gasteiger partial charge is 0.445 e. The van der Waals surface area contributed by atoms with Crippen LogP contribution in [-0.2, 0) is 11.3 Å². The summed E-state index contributed by atoms with van der Waals surface area (Å²) < 4.78 is 42.8. The molecule has 2 aromatic carbocycles. The second-order valence-corrected chi connectivity index (χ2v) is 10.6. The van der Waals surface area contributed by atoms with E-state index in [0.717, 1.165) is 37.0 Å². The second kappa shape index (κ2) is 11.2. The van der Waals surface area contributed by atoms with Gasteiger partial charge in [0.1, 0.15) is 6.61 Å². The molecule has 0 unspecified atom stereocenters. The fourth-order valence-electron chi connectivity index (χ4n) is 4.97. The summed E-state index contributed by atoms with van der Waals surface area (Å²) in [5.74, 6) is 0.0147. The van der Waals surface area contributed by atoms with E-state index < -0.39 is 11.6 Å². The number of likely N-dealkylation sites (tertiary alicyclic amines) is 1. The van der Waals surface area contributed by atoms with Crippen molar-refractivity contribution in [2.45, 2.75) is 35.9 Å². The number of nitrogens with one attached hydrogen (secondary N) is 1. The molecule has 8 nitrogen and oxygen atoms in total. The number of aromatic amines is 1. The molecule has 2 saturated heterocycles. The molecule has 2 fully saturated rings. The minimum Gasteiger partial charge on any atom is -0.445 e. The van der Waals surface area contributed by atoms with Gasteiger partial charge in [0.15, 0.2) is 0 Å². The van der Waals surface area contributed by atoms with E-state index in [1.54, 1.807) is 11.2 Å². The zero-order valence-corrected chi connectivity index (χ0v) is 21.4. The summed E-state index contributed by atoms with van der Waals surface area (Å²) in [6.07, 6.45) is 2.84. The molecule has 2 aliphatic rings. The molecule has 2 amide bonds. The number of benzene rings is 2. The van der Waals surface area contributed by atoms with Crippen molar-refractivity contribution < 1.29 is 27.5 Å². The molecule has 0 atom stereocenters. The second-order valence-electron chi connectivity index (χ2n) is 9.43. The third-order valence-electron chi connectivity index (χ3n) is 7.03. The van der Waals surface area contributed by atoms with Crippen molar-refractivity contribution in [3.63, 3.8) is 0 Å².